The zero-order valence-electron chi connectivity index (χ0n) is 34.4. The quantitative estimate of drug-likeness (QED) is 0.148. The first kappa shape index (κ1) is 36.8. The summed E-state index contributed by atoms with van der Waals surface area (Å²) in [4.78, 5) is 2.45. The first-order chi connectivity index (χ1) is 31.2. The summed E-state index contributed by atoms with van der Waals surface area (Å²) in [6, 6.07) is 88.6. The van der Waals surface area contributed by atoms with Crippen LogP contribution in [0, 0.1) is 0 Å². The van der Waals surface area contributed by atoms with Crippen LogP contribution in [0.4, 0.5) is 17.1 Å². The molecule has 0 aliphatic rings. The highest BCUT2D eigenvalue weighted by molar-refractivity contribution is 7.25. The van der Waals surface area contributed by atoms with Gasteiger partial charge in [0, 0.05) is 53.4 Å². The number of aromatic nitrogens is 1. The Bertz CT molecular complexity index is 3570. The third-order valence-electron chi connectivity index (χ3n) is 12.4. The molecule has 0 fully saturated rings. The van der Waals surface area contributed by atoms with E-state index in [9.17, 15) is 0 Å². The molecular formula is C60H40N2S. The van der Waals surface area contributed by atoms with Crippen molar-refractivity contribution in [1.29, 1.82) is 0 Å². The van der Waals surface area contributed by atoms with Crippen molar-refractivity contribution in [2.45, 2.75) is 0 Å². The van der Waals surface area contributed by atoms with Crippen molar-refractivity contribution in [2.24, 2.45) is 0 Å². The number of anilines is 3. The first-order valence-corrected chi connectivity index (χ1v) is 22.3. The topological polar surface area (TPSA) is 8.17 Å². The van der Waals surface area contributed by atoms with Crippen LogP contribution in [0.3, 0.4) is 0 Å². The van der Waals surface area contributed by atoms with Gasteiger partial charge in [-0.2, -0.15) is 0 Å². The van der Waals surface area contributed by atoms with Gasteiger partial charge in [-0.1, -0.05) is 176 Å². The fraction of sp³-hybridized carbons (Fsp3) is 0. The fourth-order valence-corrected chi connectivity index (χ4v) is 10.6. The lowest BCUT2D eigenvalue weighted by Gasteiger charge is -2.29. The highest BCUT2D eigenvalue weighted by atomic mass is 32.1. The van der Waals surface area contributed by atoms with Gasteiger partial charge in [-0.25, -0.2) is 0 Å². The summed E-state index contributed by atoms with van der Waals surface area (Å²) in [5, 5.41) is 5.08. The lowest BCUT2D eigenvalue weighted by Crippen LogP contribution is -2.11. The average Bonchev–Trinajstić information content (AvgIpc) is 3.90. The molecule has 0 aliphatic heterocycles. The monoisotopic (exact) mass is 820 g/mol. The molecule has 12 rings (SSSR count). The van der Waals surface area contributed by atoms with Crippen LogP contribution in [0.2, 0.25) is 0 Å². The highest BCUT2D eigenvalue weighted by Crippen LogP contribution is 2.47. The average molecular weight is 821 g/mol. The van der Waals surface area contributed by atoms with E-state index >= 15 is 0 Å². The Kier molecular flexibility index (Phi) is 9.06. The molecule has 3 heteroatoms. The third kappa shape index (κ3) is 6.50. The van der Waals surface area contributed by atoms with Gasteiger partial charge in [-0.3, -0.25) is 0 Å². The van der Waals surface area contributed by atoms with Gasteiger partial charge in [0.15, 0.2) is 0 Å². The van der Waals surface area contributed by atoms with Crippen molar-refractivity contribution in [2.75, 3.05) is 4.90 Å². The fourth-order valence-electron chi connectivity index (χ4n) is 9.44. The molecule has 0 radical (unpaired) electrons. The van der Waals surface area contributed by atoms with E-state index in [1.807, 2.05) is 11.3 Å². The van der Waals surface area contributed by atoms with E-state index in [1.54, 1.807) is 0 Å². The Labute approximate surface area is 370 Å². The van der Waals surface area contributed by atoms with Crippen LogP contribution in [0.25, 0.3) is 92.2 Å². The van der Waals surface area contributed by atoms with Crippen LogP contribution < -0.4 is 4.90 Å². The molecule has 0 saturated carbocycles. The molecule has 2 nitrogen and oxygen atoms in total. The van der Waals surface area contributed by atoms with Crippen molar-refractivity contribution in [3.8, 4) is 50.2 Å². The molecule has 0 spiro atoms. The van der Waals surface area contributed by atoms with Gasteiger partial charge in [0.25, 0.3) is 0 Å². The molecule has 12 aromatic rings. The normalized spacial score (nSPS) is 11.5. The standard InChI is InChI=1S/C60H40N2S/c1-3-16-41(17-4-1)43-30-33-47(34-31-43)61(48-35-36-53-52-25-10-14-29-59(52)63-60(53)40-48)58-37-32-46(39-54(58)45-21-15-20-44(38-45)42-18-5-2-6-19-42)49-22-7-11-26-55(49)62-56-27-12-8-23-50(56)51-24-9-13-28-57(51)62/h1-40H. The number of hydrogen-bond donors (Lipinski definition) is 0. The first-order valence-electron chi connectivity index (χ1n) is 21.5. The largest absolute Gasteiger partial charge is 0.310 e. The van der Waals surface area contributed by atoms with Gasteiger partial charge in [-0.15, -0.1) is 11.3 Å². The summed E-state index contributed by atoms with van der Waals surface area (Å²) < 4.78 is 5.00. The molecule has 0 atom stereocenters. The Morgan fingerprint density at radius 1 is 0.302 bits per heavy atom. The predicted molar refractivity (Wildman–Crippen MR) is 270 cm³/mol. The van der Waals surface area contributed by atoms with Crippen LogP contribution in [-0.2, 0) is 0 Å². The van der Waals surface area contributed by atoms with Crippen molar-refractivity contribution in [3.63, 3.8) is 0 Å². The summed E-state index contributed by atoms with van der Waals surface area (Å²) in [5.74, 6) is 0. The molecular weight excluding hydrogens is 781 g/mol. The second-order valence-corrected chi connectivity index (χ2v) is 17.2. The van der Waals surface area contributed by atoms with E-state index in [0.29, 0.717) is 0 Å². The molecule has 63 heavy (non-hydrogen) atoms. The second kappa shape index (κ2) is 15.5. The molecule has 10 aromatic carbocycles. The van der Waals surface area contributed by atoms with Crippen LogP contribution in [-0.4, -0.2) is 4.57 Å². The number of fused-ring (bicyclic) bond motifs is 6. The van der Waals surface area contributed by atoms with Gasteiger partial charge < -0.3 is 9.47 Å². The van der Waals surface area contributed by atoms with E-state index in [2.05, 4.69) is 252 Å². The van der Waals surface area contributed by atoms with Crippen molar-refractivity contribution < 1.29 is 0 Å². The molecule has 0 N–H and O–H groups in total. The van der Waals surface area contributed by atoms with E-state index < -0.39 is 0 Å². The van der Waals surface area contributed by atoms with Crippen LogP contribution in [0.1, 0.15) is 0 Å². The molecule has 0 amide bonds. The van der Waals surface area contributed by atoms with Crippen LogP contribution in [0.5, 0.6) is 0 Å². The Balaban J connectivity index is 1.10. The summed E-state index contributed by atoms with van der Waals surface area (Å²) in [5.41, 5.74) is 16.2. The summed E-state index contributed by atoms with van der Waals surface area (Å²) >= 11 is 1.86. The lowest BCUT2D eigenvalue weighted by molar-refractivity contribution is 1.18. The van der Waals surface area contributed by atoms with Crippen molar-refractivity contribution in [1.82, 2.24) is 4.57 Å². The van der Waals surface area contributed by atoms with Gasteiger partial charge in [0.05, 0.1) is 22.4 Å². The van der Waals surface area contributed by atoms with Crippen LogP contribution >= 0.6 is 11.3 Å². The second-order valence-electron chi connectivity index (χ2n) is 16.1. The zero-order chi connectivity index (χ0) is 41.7. The number of para-hydroxylation sites is 3. The summed E-state index contributed by atoms with van der Waals surface area (Å²) in [6.45, 7) is 0. The SMILES string of the molecule is c1ccc(-c2ccc(N(c3ccc4c(c3)sc3ccccc34)c3ccc(-c4ccccc4-n4c5ccccc5c5ccccc54)cc3-c3cccc(-c4ccccc4)c3)cc2)cc1. The Morgan fingerprint density at radius 2 is 0.825 bits per heavy atom. The van der Waals surface area contributed by atoms with E-state index in [-0.39, 0.29) is 0 Å². The minimum absolute atomic E-state index is 1.09. The molecule has 2 aromatic heterocycles. The van der Waals surface area contributed by atoms with Gasteiger partial charge in [-0.05, 0) is 100 Å². The minimum Gasteiger partial charge on any atom is -0.310 e. The Morgan fingerprint density at radius 3 is 1.57 bits per heavy atom. The van der Waals surface area contributed by atoms with Crippen LogP contribution in [0.15, 0.2) is 243 Å². The molecule has 296 valence electrons. The molecule has 0 saturated heterocycles. The summed E-state index contributed by atoms with van der Waals surface area (Å²) in [7, 11) is 0. The summed E-state index contributed by atoms with van der Waals surface area (Å²) in [6.07, 6.45) is 0. The highest BCUT2D eigenvalue weighted by Gasteiger charge is 2.22. The van der Waals surface area contributed by atoms with Crippen molar-refractivity contribution >= 4 is 70.4 Å². The molecule has 0 bridgehead atoms. The zero-order valence-corrected chi connectivity index (χ0v) is 35.2. The smallest absolute Gasteiger partial charge is 0.0541 e. The minimum atomic E-state index is 1.09. The van der Waals surface area contributed by atoms with Crippen molar-refractivity contribution in [3.05, 3.63) is 243 Å². The number of benzene rings is 10. The lowest BCUT2D eigenvalue weighted by atomic mass is 9.93. The van der Waals surface area contributed by atoms with Gasteiger partial charge in [0.2, 0.25) is 0 Å². The van der Waals surface area contributed by atoms with Gasteiger partial charge >= 0.3 is 0 Å². The maximum absolute atomic E-state index is 2.45. The predicted octanol–water partition coefficient (Wildman–Crippen LogP) is 17.3. The number of nitrogens with zero attached hydrogens (tertiary/aromatic N) is 2. The number of thiophene rings is 1. The van der Waals surface area contributed by atoms with E-state index in [0.717, 1.165) is 39.4 Å². The van der Waals surface area contributed by atoms with E-state index in [1.165, 1.54) is 69.8 Å². The van der Waals surface area contributed by atoms with E-state index in [4.69, 9.17) is 0 Å². The maximum atomic E-state index is 2.45. The molecule has 0 aliphatic carbocycles. The third-order valence-corrected chi connectivity index (χ3v) is 13.5. The molecule has 0 unspecified atom stereocenters. The Hall–Kier alpha value is -7.98. The maximum Gasteiger partial charge on any atom is 0.0541 e. The number of rotatable bonds is 8. The van der Waals surface area contributed by atoms with Gasteiger partial charge in [0.1, 0.15) is 0 Å². The number of hydrogen-bond acceptors (Lipinski definition) is 2. The molecule has 2 heterocycles.